The molecule has 7 nitrogen and oxygen atoms in total. The lowest BCUT2D eigenvalue weighted by Gasteiger charge is -2.10. The van der Waals surface area contributed by atoms with Gasteiger partial charge in [-0.05, 0) is 28.4 Å². The molecule has 3 N–H and O–H groups in total. The first-order valence-electron chi connectivity index (χ1n) is 5.47. The first-order valence-corrected chi connectivity index (χ1v) is 8.56. The highest BCUT2D eigenvalue weighted by molar-refractivity contribution is 9.11. The molecule has 0 saturated heterocycles. The van der Waals surface area contributed by atoms with E-state index in [4.69, 9.17) is 9.84 Å². The molecular weight excluding hydrogens is 374 g/mol. The van der Waals surface area contributed by atoms with E-state index in [-0.39, 0.29) is 33.1 Å². The Morgan fingerprint density at radius 1 is 1.60 bits per heavy atom. The lowest BCUT2D eigenvalue weighted by Crippen LogP contribution is -2.28. The quantitative estimate of drug-likeness (QED) is 0.610. The zero-order chi connectivity index (χ0) is 15.3. The smallest absolute Gasteiger partial charge is 0.345 e. The number of nitrogens with one attached hydrogen (secondary N) is 1. The minimum atomic E-state index is -3.82. The number of sulfonamides is 1. The van der Waals surface area contributed by atoms with Crippen LogP contribution in [0, 0.1) is 0 Å². The van der Waals surface area contributed by atoms with Crippen LogP contribution in [0.4, 0.5) is 0 Å². The van der Waals surface area contributed by atoms with E-state index < -0.39 is 22.1 Å². The maximum atomic E-state index is 12.0. The molecule has 0 radical (unpaired) electrons. The molecule has 0 fully saturated rings. The van der Waals surface area contributed by atoms with Gasteiger partial charge in [0.05, 0.1) is 16.5 Å². The Bertz CT molecular complexity index is 570. The SMILES string of the molecule is COCC(O)CCNS(=O)(=O)c1cc(C(=O)O)sc1Br. The number of carbonyl (C=O) groups is 1. The van der Waals surface area contributed by atoms with Gasteiger partial charge in [0.15, 0.2) is 0 Å². The summed E-state index contributed by atoms with van der Waals surface area (Å²) in [5.74, 6) is -1.19. The molecule has 10 heteroatoms. The van der Waals surface area contributed by atoms with Crippen molar-refractivity contribution in [3.8, 4) is 0 Å². The largest absolute Gasteiger partial charge is 0.477 e. The van der Waals surface area contributed by atoms with E-state index in [0.717, 1.165) is 17.4 Å². The lowest BCUT2D eigenvalue weighted by molar-refractivity contribution is 0.0603. The van der Waals surface area contributed by atoms with E-state index >= 15 is 0 Å². The summed E-state index contributed by atoms with van der Waals surface area (Å²) in [5.41, 5.74) is 0. The second-order valence-electron chi connectivity index (χ2n) is 3.85. The minimum Gasteiger partial charge on any atom is -0.477 e. The number of methoxy groups -OCH3 is 1. The fourth-order valence-corrected chi connectivity index (χ4v) is 4.80. The fourth-order valence-electron chi connectivity index (χ4n) is 1.35. The molecule has 1 heterocycles. The predicted octanol–water partition coefficient (Wildman–Crippen LogP) is 0.884. The molecule has 1 aromatic rings. The van der Waals surface area contributed by atoms with E-state index in [0.29, 0.717) is 0 Å². The molecule has 0 spiro atoms. The van der Waals surface area contributed by atoms with Gasteiger partial charge in [0.25, 0.3) is 0 Å². The van der Waals surface area contributed by atoms with Crippen LogP contribution in [-0.4, -0.2) is 51.0 Å². The Kier molecular flexibility index (Phi) is 6.55. The summed E-state index contributed by atoms with van der Waals surface area (Å²) in [6.45, 7) is 0.143. The number of halogens is 1. The Balaban J connectivity index is 2.72. The molecule has 0 bridgehead atoms. The van der Waals surface area contributed by atoms with Gasteiger partial charge in [-0.1, -0.05) is 0 Å². The van der Waals surface area contributed by atoms with Crippen LogP contribution in [0.5, 0.6) is 0 Å². The average Bonchev–Trinajstić information content (AvgIpc) is 2.72. The number of thiophene rings is 1. The molecule has 1 unspecified atom stereocenters. The van der Waals surface area contributed by atoms with Crippen LogP contribution in [0.3, 0.4) is 0 Å². The van der Waals surface area contributed by atoms with Gasteiger partial charge in [-0.3, -0.25) is 0 Å². The molecule has 0 aromatic carbocycles. The van der Waals surface area contributed by atoms with Gasteiger partial charge >= 0.3 is 5.97 Å². The highest BCUT2D eigenvalue weighted by atomic mass is 79.9. The highest BCUT2D eigenvalue weighted by Gasteiger charge is 2.23. The molecule has 114 valence electrons. The predicted molar refractivity (Wildman–Crippen MR) is 76.7 cm³/mol. The number of aromatic carboxylic acids is 1. The van der Waals surface area contributed by atoms with Crippen molar-refractivity contribution < 1.29 is 28.2 Å². The molecule has 0 aliphatic rings. The fraction of sp³-hybridized carbons (Fsp3) is 0.500. The number of carboxylic acid groups (broad SMARTS) is 1. The van der Waals surface area contributed by atoms with Gasteiger partial charge < -0.3 is 14.9 Å². The molecule has 1 aromatic heterocycles. The van der Waals surface area contributed by atoms with Crippen molar-refractivity contribution >= 4 is 43.3 Å². The molecule has 0 saturated carbocycles. The van der Waals surface area contributed by atoms with Gasteiger partial charge in [-0.2, -0.15) is 0 Å². The summed E-state index contributed by atoms with van der Waals surface area (Å²) in [5, 5.41) is 18.2. The number of aliphatic hydroxyl groups excluding tert-OH is 1. The second-order valence-corrected chi connectivity index (χ2v) is 7.95. The molecular formula is C10H14BrNO6S2. The topological polar surface area (TPSA) is 113 Å². The maximum absolute atomic E-state index is 12.0. The number of carboxylic acids is 1. The summed E-state index contributed by atoms with van der Waals surface area (Å²) < 4.78 is 31.2. The second kappa shape index (κ2) is 7.48. The summed E-state index contributed by atoms with van der Waals surface area (Å²) in [7, 11) is -2.38. The number of ether oxygens (including phenoxy) is 1. The zero-order valence-electron chi connectivity index (χ0n) is 10.5. The number of hydrogen-bond acceptors (Lipinski definition) is 6. The first kappa shape index (κ1) is 17.5. The van der Waals surface area contributed by atoms with Crippen molar-refractivity contribution in [1.82, 2.24) is 4.72 Å². The van der Waals surface area contributed by atoms with Gasteiger partial charge in [-0.25, -0.2) is 17.9 Å². The Labute approximate surface area is 128 Å². The highest BCUT2D eigenvalue weighted by Crippen LogP contribution is 2.31. The van der Waals surface area contributed by atoms with Crippen LogP contribution in [0.15, 0.2) is 14.7 Å². The number of aliphatic hydroxyl groups is 1. The van der Waals surface area contributed by atoms with Crippen molar-refractivity contribution in [1.29, 1.82) is 0 Å². The van der Waals surface area contributed by atoms with E-state index in [1.807, 2.05) is 0 Å². The van der Waals surface area contributed by atoms with Crippen LogP contribution < -0.4 is 4.72 Å². The normalized spacial score (nSPS) is 13.3. The monoisotopic (exact) mass is 387 g/mol. The summed E-state index contributed by atoms with van der Waals surface area (Å²) in [6.07, 6.45) is -0.566. The molecule has 0 amide bonds. The van der Waals surface area contributed by atoms with Crippen molar-refractivity contribution in [2.24, 2.45) is 0 Å². The van der Waals surface area contributed by atoms with Crippen LogP contribution in [-0.2, 0) is 14.8 Å². The van der Waals surface area contributed by atoms with Gasteiger partial charge in [0, 0.05) is 13.7 Å². The van der Waals surface area contributed by atoms with Crippen molar-refractivity contribution in [2.75, 3.05) is 20.3 Å². The van der Waals surface area contributed by atoms with Gasteiger partial charge in [-0.15, -0.1) is 11.3 Å². The molecule has 0 aliphatic heterocycles. The average molecular weight is 388 g/mol. The Morgan fingerprint density at radius 2 is 2.25 bits per heavy atom. The Hall–Kier alpha value is -0.520. The van der Waals surface area contributed by atoms with Gasteiger partial charge in [0.1, 0.15) is 9.77 Å². The third kappa shape index (κ3) is 4.79. The zero-order valence-corrected chi connectivity index (χ0v) is 13.7. The minimum absolute atomic E-state index is 0.0253. The standard InChI is InChI=1S/C10H14BrNO6S2/c1-18-5-6(13)2-3-12-20(16,17)8-4-7(10(14)15)19-9(8)11/h4,6,12-13H,2-3,5H2,1H3,(H,14,15). The third-order valence-electron chi connectivity index (χ3n) is 2.28. The third-order valence-corrected chi connectivity index (χ3v) is 5.99. The van der Waals surface area contributed by atoms with Crippen LogP contribution in [0.1, 0.15) is 16.1 Å². The molecule has 1 rings (SSSR count). The van der Waals surface area contributed by atoms with Crippen molar-refractivity contribution in [3.05, 3.63) is 14.7 Å². The van der Waals surface area contributed by atoms with Crippen molar-refractivity contribution in [2.45, 2.75) is 17.4 Å². The van der Waals surface area contributed by atoms with E-state index in [9.17, 15) is 18.3 Å². The first-order chi connectivity index (χ1) is 9.27. The van der Waals surface area contributed by atoms with Crippen LogP contribution in [0.25, 0.3) is 0 Å². The maximum Gasteiger partial charge on any atom is 0.345 e. The van der Waals surface area contributed by atoms with E-state index in [1.54, 1.807) is 0 Å². The Morgan fingerprint density at radius 3 is 2.75 bits per heavy atom. The number of rotatable bonds is 8. The molecule has 1 atom stereocenters. The number of hydrogen-bond donors (Lipinski definition) is 3. The van der Waals surface area contributed by atoms with Crippen molar-refractivity contribution in [3.63, 3.8) is 0 Å². The molecule has 20 heavy (non-hydrogen) atoms. The summed E-state index contributed by atoms with van der Waals surface area (Å²) in [4.78, 5) is 10.6. The molecule has 0 aliphatic carbocycles. The summed E-state index contributed by atoms with van der Waals surface area (Å²) in [6, 6.07) is 1.09. The van der Waals surface area contributed by atoms with Crippen LogP contribution >= 0.6 is 27.3 Å². The lowest BCUT2D eigenvalue weighted by atomic mass is 10.3. The van der Waals surface area contributed by atoms with Crippen LogP contribution in [0.2, 0.25) is 0 Å². The van der Waals surface area contributed by atoms with E-state index in [1.165, 1.54) is 7.11 Å². The summed E-state index contributed by atoms with van der Waals surface area (Å²) >= 11 is 3.86. The van der Waals surface area contributed by atoms with E-state index in [2.05, 4.69) is 20.7 Å². The van der Waals surface area contributed by atoms with Gasteiger partial charge in [0.2, 0.25) is 10.0 Å².